The van der Waals surface area contributed by atoms with E-state index in [2.05, 4.69) is 25.7 Å². The summed E-state index contributed by atoms with van der Waals surface area (Å²) in [4.78, 5) is 21.5. The average Bonchev–Trinajstić information content (AvgIpc) is 3.30. The van der Waals surface area contributed by atoms with Gasteiger partial charge in [0, 0.05) is 41.1 Å². The van der Waals surface area contributed by atoms with Crippen LogP contribution in [0.2, 0.25) is 0 Å². The Labute approximate surface area is 196 Å². The maximum Gasteiger partial charge on any atom is 0.255 e. The van der Waals surface area contributed by atoms with Crippen molar-refractivity contribution in [2.45, 2.75) is 0 Å². The predicted octanol–water partition coefficient (Wildman–Crippen LogP) is 5.03. The molecule has 34 heavy (non-hydrogen) atoms. The number of amides is 1. The van der Waals surface area contributed by atoms with Crippen LogP contribution in [0.25, 0.3) is 22.0 Å². The molecule has 0 radical (unpaired) electrons. The number of hydrogen-bond acceptors (Lipinski definition) is 6. The number of fused-ring (bicyclic) bond motifs is 1. The van der Waals surface area contributed by atoms with E-state index in [4.69, 9.17) is 4.74 Å². The van der Waals surface area contributed by atoms with Gasteiger partial charge in [-0.3, -0.25) is 9.48 Å². The van der Waals surface area contributed by atoms with E-state index >= 15 is 0 Å². The fourth-order valence-electron chi connectivity index (χ4n) is 3.66. The van der Waals surface area contributed by atoms with Gasteiger partial charge in [-0.2, -0.15) is 5.10 Å². The molecule has 0 aliphatic carbocycles. The van der Waals surface area contributed by atoms with Gasteiger partial charge in [-0.1, -0.05) is 12.1 Å². The molecule has 1 amide bonds. The van der Waals surface area contributed by atoms with Crippen LogP contribution >= 0.6 is 0 Å². The Kier molecular flexibility index (Phi) is 5.61. The topological polar surface area (TPSA) is 94.0 Å². The van der Waals surface area contributed by atoms with Crippen molar-refractivity contribution in [2.75, 3.05) is 17.7 Å². The Morgan fingerprint density at radius 2 is 1.76 bits per heavy atom. The van der Waals surface area contributed by atoms with E-state index in [0.29, 0.717) is 22.8 Å². The molecule has 3 aromatic carbocycles. The third-order valence-corrected chi connectivity index (χ3v) is 5.41. The molecule has 0 aliphatic rings. The fraction of sp³-hybridized carbons (Fsp3) is 0.0769. The van der Waals surface area contributed by atoms with Crippen LogP contribution in [0.3, 0.4) is 0 Å². The van der Waals surface area contributed by atoms with Crippen molar-refractivity contribution in [1.29, 1.82) is 0 Å². The Hall–Kier alpha value is -4.72. The highest BCUT2D eigenvalue weighted by Crippen LogP contribution is 2.28. The van der Waals surface area contributed by atoms with Crippen LogP contribution in [-0.2, 0) is 7.05 Å². The molecule has 0 fully saturated rings. The van der Waals surface area contributed by atoms with Crippen molar-refractivity contribution >= 4 is 34.0 Å². The highest BCUT2D eigenvalue weighted by Gasteiger charge is 2.10. The van der Waals surface area contributed by atoms with Crippen LogP contribution in [0.1, 0.15) is 10.4 Å². The summed E-state index contributed by atoms with van der Waals surface area (Å²) >= 11 is 0. The Bertz CT molecular complexity index is 1480. The molecule has 2 N–H and O–H groups in total. The minimum Gasteiger partial charge on any atom is -0.497 e. The number of aromatic nitrogens is 4. The second kappa shape index (κ2) is 9.03. The minimum atomic E-state index is -0.199. The molecule has 0 bridgehead atoms. The second-order valence-electron chi connectivity index (χ2n) is 7.75. The van der Waals surface area contributed by atoms with Gasteiger partial charge in [0.25, 0.3) is 5.91 Å². The van der Waals surface area contributed by atoms with Gasteiger partial charge in [-0.25, -0.2) is 9.97 Å². The summed E-state index contributed by atoms with van der Waals surface area (Å²) < 4.78 is 6.92. The Morgan fingerprint density at radius 3 is 2.53 bits per heavy atom. The van der Waals surface area contributed by atoms with Gasteiger partial charge in [-0.05, 0) is 60.2 Å². The maximum absolute atomic E-state index is 12.6. The summed E-state index contributed by atoms with van der Waals surface area (Å²) in [5.74, 6) is 1.18. The second-order valence-corrected chi connectivity index (χ2v) is 7.75. The molecule has 0 saturated heterocycles. The lowest BCUT2D eigenvalue weighted by Crippen LogP contribution is -2.11. The average molecular weight is 451 g/mol. The highest BCUT2D eigenvalue weighted by atomic mass is 16.5. The molecule has 8 nitrogen and oxygen atoms in total. The lowest BCUT2D eigenvalue weighted by Gasteiger charge is -2.11. The number of carbonyl (C=O) groups is 1. The van der Waals surface area contributed by atoms with E-state index in [1.165, 1.54) is 6.33 Å². The van der Waals surface area contributed by atoms with Crippen molar-refractivity contribution in [3.8, 4) is 16.9 Å². The molecule has 0 aliphatic heterocycles. The van der Waals surface area contributed by atoms with E-state index in [9.17, 15) is 4.79 Å². The van der Waals surface area contributed by atoms with Crippen molar-refractivity contribution in [1.82, 2.24) is 19.7 Å². The summed E-state index contributed by atoms with van der Waals surface area (Å²) in [6.45, 7) is 0. The molecular weight excluding hydrogens is 428 g/mol. The molecule has 5 aromatic rings. The number of rotatable bonds is 6. The number of benzene rings is 3. The minimum absolute atomic E-state index is 0.199. The number of ether oxygens (including phenoxy) is 1. The summed E-state index contributed by atoms with van der Waals surface area (Å²) in [5, 5.41) is 11.4. The van der Waals surface area contributed by atoms with Crippen LogP contribution in [0.5, 0.6) is 5.75 Å². The summed E-state index contributed by atoms with van der Waals surface area (Å²) in [6, 6.07) is 20.5. The molecule has 0 spiro atoms. The monoisotopic (exact) mass is 450 g/mol. The van der Waals surface area contributed by atoms with Crippen molar-refractivity contribution in [2.24, 2.45) is 7.05 Å². The normalized spacial score (nSPS) is 10.8. The number of hydrogen-bond donors (Lipinski definition) is 2. The largest absolute Gasteiger partial charge is 0.497 e. The van der Waals surface area contributed by atoms with Crippen LogP contribution in [0.4, 0.5) is 17.2 Å². The number of nitrogens with one attached hydrogen (secondary N) is 2. The molecule has 0 saturated carbocycles. The number of aryl methyl sites for hydroxylation is 1. The van der Waals surface area contributed by atoms with E-state index in [0.717, 1.165) is 27.7 Å². The van der Waals surface area contributed by atoms with Crippen molar-refractivity contribution < 1.29 is 9.53 Å². The molecular formula is C26H22N6O2. The van der Waals surface area contributed by atoms with Gasteiger partial charge in [0.05, 0.1) is 18.8 Å². The lowest BCUT2D eigenvalue weighted by atomic mass is 10.1. The first-order chi connectivity index (χ1) is 16.6. The Balaban J connectivity index is 1.36. The van der Waals surface area contributed by atoms with Gasteiger partial charge in [-0.15, -0.1) is 0 Å². The fourth-order valence-corrected chi connectivity index (χ4v) is 3.66. The molecule has 0 atom stereocenters. The van der Waals surface area contributed by atoms with Gasteiger partial charge in [0.15, 0.2) is 0 Å². The first-order valence-electron chi connectivity index (χ1n) is 10.7. The number of nitrogens with zero attached hydrogens (tertiary/aromatic N) is 4. The van der Waals surface area contributed by atoms with Gasteiger partial charge < -0.3 is 15.4 Å². The first-order valence-corrected chi connectivity index (χ1v) is 10.7. The molecule has 168 valence electrons. The maximum atomic E-state index is 12.6. The first kappa shape index (κ1) is 21.1. The number of carbonyl (C=O) groups excluding carboxylic acids is 1. The van der Waals surface area contributed by atoms with E-state index in [-0.39, 0.29) is 5.91 Å². The summed E-state index contributed by atoms with van der Waals surface area (Å²) in [5.41, 5.74) is 4.89. The van der Waals surface area contributed by atoms with Crippen LogP contribution < -0.4 is 15.4 Å². The van der Waals surface area contributed by atoms with Crippen LogP contribution in [0, 0.1) is 0 Å². The van der Waals surface area contributed by atoms with Crippen LogP contribution in [0.15, 0.2) is 85.5 Å². The molecule has 2 heterocycles. The van der Waals surface area contributed by atoms with Gasteiger partial charge in [0.2, 0.25) is 0 Å². The molecule has 8 heteroatoms. The zero-order valence-corrected chi connectivity index (χ0v) is 18.7. The van der Waals surface area contributed by atoms with E-state index < -0.39 is 0 Å². The van der Waals surface area contributed by atoms with Crippen molar-refractivity contribution in [3.63, 3.8) is 0 Å². The third kappa shape index (κ3) is 4.42. The Morgan fingerprint density at radius 1 is 0.941 bits per heavy atom. The number of anilines is 3. The lowest BCUT2D eigenvalue weighted by molar-refractivity contribution is 0.102. The zero-order valence-electron chi connectivity index (χ0n) is 18.7. The SMILES string of the molecule is COc1ccc(C(=O)Nc2cccc(Nc3ncnc4cc(-c5cnn(C)c5)ccc34)c2)cc1. The van der Waals surface area contributed by atoms with Gasteiger partial charge in [0.1, 0.15) is 17.9 Å². The van der Waals surface area contributed by atoms with E-state index in [1.807, 2.05) is 61.9 Å². The highest BCUT2D eigenvalue weighted by molar-refractivity contribution is 6.04. The quantitative estimate of drug-likeness (QED) is 0.377. The third-order valence-electron chi connectivity index (χ3n) is 5.41. The van der Waals surface area contributed by atoms with Crippen molar-refractivity contribution in [3.05, 3.63) is 91.0 Å². The zero-order chi connectivity index (χ0) is 23.5. The van der Waals surface area contributed by atoms with E-state index in [1.54, 1.807) is 36.1 Å². The smallest absolute Gasteiger partial charge is 0.255 e. The summed E-state index contributed by atoms with van der Waals surface area (Å²) in [7, 11) is 3.48. The molecule has 2 aromatic heterocycles. The predicted molar refractivity (Wildman–Crippen MR) is 132 cm³/mol. The van der Waals surface area contributed by atoms with Gasteiger partial charge >= 0.3 is 0 Å². The summed E-state index contributed by atoms with van der Waals surface area (Å²) in [6.07, 6.45) is 5.33. The standard InChI is InChI=1S/C26H22N6O2/c1-32-15-19(14-29-32)18-8-11-23-24(12-18)27-16-28-25(23)30-20-4-3-5-21(13-20)31-26(33)17-6-9-22(34-2)10-7-17/h3-16H,1-2H3,(H,31,33)(H,27,28,30). The van der Waals surface area contributed by atoms with Crippen LogP contribution in [-0.4, -0.2) is 32.8 Å². The molecule has 0 unspecified atom stereocenters. The molecule has 5 rings (SSSR count). The number of methoxy groups -OCH3 is 1.